The molecule has 0 spiro atoms. The Balaban J connectivity index is 1.58. The van der Waals surface area contributed by atoms with Crippen molar-refractivity contribution < 1.29 is 19.1 Å². The van der Waals surface area contributed by atoms with E-state index >= 15 is 0 Å². The third kappa shape index (κ3) is 5.42. The minimum atomic E-state index is -0.492. The lowest BCUT2D eigenvalue weighted by Crippen LogP contribution is -2.49. The molecule has 1 fully saturated rings. The second kappa shape index (κ2) is 10.5. The molecule has 3 rings (SSSR count). The van der Waals surface area contributed by atoms with Gasteiger partial charge in [-0.1, -0.05) is 44.2 Å². The van der Waals surface area contributed by atoms with Gasteiger partial charge in [-0.05, 0) is 42.5 Å². The van der Waals surface area contributed by atoms with Gasteiger partial charge in [-0.3, -0.25) is 9.59 Å². The van der Waals surface area contributed by atoms with E-state index in [4.69, 9.17) is 9.47 Å². The summed E-state index contributed by atoms with van der Waals surface area (Å²) in [7, 11) is 3.21. The van der Waals surface area contributed by atoms with Gasteiger partial charge >= 0.3 is 0 Å². The van der Waals surface area contributed by atoms with E-state index in [0.717, 1.165) is 17.5 Å². The van der Waals surface area contributed by atoms with E-state index < -0.39 is 5.41 Å². The van der Waals surface area contributed by atoms with Gasteiger partial charge in [0.15, 0.2) is 0 Å². The smallest absolute Gasteiger partial charge is 0.230 e. The second-order valence-electron chi connectivity index (χ2n) is 8.66. The summed E-state index contributed by atoms with van der Waals surface area (Å²) in [6.45, 7) is 5.63. The third-order valence-corrected chi connectivity index (χ3v) is 6.50. The van der Waals surface area contributed by atoms with Crippen LogP contribution in [-0.4, -0.2) is 44.0 Å². The molecule has 0 unspecified atom stereocenters. The Hall–Kier alpha value is -3.02. The fourth-order valence-corrected chi connectivity index (χ4v) is 4.27. The van der Waals surface area contributed by atoms with Crippen LogP contribution in [0.1, 0.15) is 50.2 Å². The van der Waals surface area contributed by atoms with Gasteiger partial charge in [0, 0.05) is 31.1 Å². The zero-order valence-corrected chi connectivity index (χ0v) is 19.5. The monoisotopic (exact) mass is 438 g/mol. The average Bonchev–Trinajstić information content (AvgIpc) is 2.83. The molecule has 0 radical (unpaired) electrons. The predicted octanol–water partition coefficient (Wildman–Crippen LogP) is 4.14. The van der Waals surface area contributed by atoms with Gasteiger partial charge in [-0.15, -0.1) is 0 Å². The van der Waals surface area contributed by atoms with E-state index in [1.165, 1.54) is 0 Å². The minimum Gasteiger partial charge on any atom is -0.497 e. The Bertz CT molecular complexity index is 898. The summed E-state index contributed by atoms with van der Waals surface area (Å²) in [5.41, 5.74) is 1.48. The Labute approximate surface area is 190 Å². The Morgan fingerprint density at radius 3 is 2.16 bits per heavy atom. The molecule has 6 nitrogen and oxygen atoms in total. The second-order valence-corrected chi connectivity index (χ2v) is 8.66. The van der Waals surface area contributed by atoms with E-state index in [2.05, 4.69) is 5.32 Å². The van der Waals surface area contributed by atoms with Gasteiger partial charge in [-0.2, -0.15) is 0 Å². The zero-order chi connectivity index (χ0) is 23.1. The largest absolute Gasteiger partial charge is 0.497 e. The van der Waals surface area contributed by atoms with E-state index in [-0.39, 0.29) is 17.7 Å². The first-order valence-corrected chi connectivity index (χ1v) is 11.2. The van der Waals surface area contributed by atoms with Gasteiger partial charge < -0.3 is 19.7 Å². The summed E-state index contributed by atoms with van der Waals surface area (Å²) in [4.78, 5) is 28.1. The molecule has 0 aromatic heterocycles. The molecule has 2 aromatic rings. The first-order valence-electron chi connectivity index (χ1n) is 11.2. The third-order valence-electron chi connectivity index (χ3n) is 6.50. The molecule has 1 heterocycles. The summed E-state index contributed by atoms with van der Waals surface area (Å²) >= 11 is 0. The molecule has 1 aliphatic heterocycles. The van der Waals surface area contributed by atoms with E-state index in [1.807, 2.05) is 61.2 Å². The maximum atomic E-state index is 13.1. The van der Waals surface area contributed by atoms with Crippen molar-refractivity contribution in [1.29, 1.82) is 0 Å². The van der Waals surface area contributed by atoms with Crippen LogP contribution in [0.4, 0.5) is 0 Å². The van der Waals surface area contributed by atoms with Gasteiger partial charge in [0.1, 0.15) is 11.5 Å². The highest BCUT2D eigenvalue weighted by atomic mass is 16.5. The SMILES string of the molecule is CC[C@@H](C(=O)N1CCC(C)(C(=O)NCc2cc(OC)cc(OC)c2)CC1)c1ccccc1. The van der Waals surface area contributed by atoms with E-state index in [1.54, 1.807) is 20.3 Å². The van der Waals surface area contributed by atoms with Crippen molar-refractivity contribution in [2.24, 2.45) is 5.41 Å². The van der Waals surface area contributed by atoms with Crippen LogP contribution in [0.5, 0.6) is 11.5 Å². The predicted molar refractivity (Wildman–Crippen MR) is 125 cm³/mol. The lowest BCUT2D eigenvalue weighted by atomic mass is 9.79. The molecular weight excluding hydrogens is 404 g/mol. The molecule has 1 atom stereocenters. The number of carbonyl (C=O) groups excluding carboxylic acids is 2. The molecular formula is C26H34N2O4. The van der Waals surface area contributed by atoms with E-state index in [0.29, 0.717) is 44.0 Å². The molecule has 6 heteroatoms. The maximum absolute atomic E-state index is 13.1. The number of hydrogen-bond donors (Lipinski definition) is 1. The first-order chi connectivity index (χ1) is 15.4. The lowest BCUT2D eigenvalue weighted by Gasteiger charge is -2.39. The topological polar surface area (TPSA) is 67.9 Å². The lowest BCUT2D eigenvalue weighted by molar-refractivity contribution is -0.140. The van der Waals surface area contributed by atoms with Gasteiger partial charge in [0.25, 0.3) is 0 Å². The van der Waals surface area contributed by atoms with Crippen LogP contribution < -0.4 is 14.8 Å². The molecule has 32 heavy (non-hydrogen) atoms. The Morgan fingerprint density at radius 2 is 1.62 bits per heavy atom. The molecule has 2 aromatic carbocycles. The highest BCUT2D eigenvalue weighted by molar-refractivity contribution is 5.85. The fraction of sp³-hybridized carbons (Fsp3) is 0.462. The number of nitrogens with zero attached hydrogens (tertiary/aromatic N) is 1. The number of methoxy groups -OCH3 is 2. The number of amides is 2. The molecule has 1 N–H and O–H groups in total. The fourth-order valence-electron chi connectivity index (χ4n) is 4.27. The highest BCUT2D eigenvalue weighted by Gasteiger charge is 2.39. The summed E-state index contributed by atoms with van der Waals surface area (Å²) in [5.74, 6) is 1.43. The van der Waals surface area contributed by atoms with Crippen molar-refractivity contribution in [2.75, 3.05) is 27.3 Å². The van der Waals surface area contributed by atoms with Crippen molar-refractivity contribution in [3.05, 3.63) is 59.7 Å². The van der Waals surface area contributed by atoms with Gasteiger partial charge in [0.2, 0.25) is 11.8 Å². The van der Waals surface area contributed by atoms with Gasteiger partial charge in [-0.25, -0.2) is 0 Å². The van der Waals surface area contributed by atoms with Crippen molar-refractivity contribution in [1.82, 2.24) is 10.2 Å². The quantitative estimate of drug-likeness (QED) is 0.673. The number of benzene rings is 2. The molecule has 0 bridgehead atoms. The molecule has 1 saturated heterocycles. The Morgan fingerprint density at radius 1 is 1.03 bits per heavy atom. The highest BCUT2D eigenvalue weighted by Crippen LogP contribution is 2.33. The van der Waals surface area contributed by atoms with Crippen molar-refractivity contribution >= 4 is 11.8 Å². The van der Waals surface area contributed by atoms with Crippen molar-refractivity contribution in [3.63, 3.8) is 0 Å². The standard InChI is InChI=1S/C26H34N2O4/c1-5-23(20-9-7-6-8-10-20)24(29)28-13-11-26(2,12-14-28)25(30)27-18-19-15-21(31-3)17-22(16-19)32-4/h6-10,15-17,23H,5,11-14,18H2,1-4H3,(H,27,30)/t23-/m1/s1. The zero-order valence-electron chi connectivity index (χ0n) is 19.5. The van der Waals surface area contributed by atoms with Crippen LogP contribution in [-0.2, 0) is 16.1 Å². The molecule has 0 aliphatic carbocycles. The first kappa shape index (κ1) is 23.6. The number of rotatable bonds is 8. The van der Waals surface area contributed by atoms with Gasteiger partial charge in [0.05, 0.1) is 20.1 Å². The van der Waals surface area contributed by atoms with Crippen LogP contribution >= 0.6 is 0 Å². The normalized spacial score (nSPS) is 16.2. The van der Waals surface area contributed by atoms with Crippen molar-refractivity contribution in [3.8, 4) is 11.5 Å². The summed E-state index contributed by atoms with van der Waals surface area (Å²) in [6, 6.07) is 15.5. The average molecular weight is 439 g/mol. The minimum absolute atomic E-state index is 0.0153. The number of piperidine rings is 1. The number of hydrogen-bond acceptors (Lipinski definition) is 4. The number of likely N-dealkylation sites (tertiary alicyclic amines) is 1. The summed E-state index contributed by atoms with van der Waals surface area (Å²) < 4.78 is 10.6. The van der Waals surface area contributed by atoms with E-state index in [9.17, 15) is 9.59 Å². The molecule has 0 saturated carbocycles. The van der Waals surface area contributed by atoms with Crippen LogP contribution in [0.15, 0.2) is 48.5 Å². The summed E-state index contributed by atoms with van der Waals surface area (Å²) in [5, 5.41) is 3.06. The van der Waals surface area contributed by atoms with Crippen LogP contribution in [0, 0.1) is 5.41 Å². The van der Waals surface area contributed by atoms with Crippen LogP contribution in [0.2, 0.25) is 0 Å². The van der Waals surface area contributed by atoms with Crippen LogP contribution in [0.3, 0.4) is 0 Å². The Kier molecular flexibility index (Phi) is 7.78. The summed E-state index contributed by atoms with van der Waals surface area (Å²) in [6.07, 6.45) is 2.07. The molecule has 172 valence electrons. The number of carbonyl (C=O) groups is 2. The number of nitrogens with one attached hydrogen (secondary N) is 1. The maximum Gasteiger partial charge on any atom is 0.230 e. The van der Waals surface area contributed by atoms with Crippen molar-refractivity contribution in [2.45, 2.75) is 45.6 Å². The molecule has 1 aliphatic rings. The molecule has 2 amide bonds. The number of ether oxygens (including phenoxy) is 2. The van der Waals surface area contributed by atoms with Crippen LogP contribution in [0.25, 0.3) is 0 Å².